The molecule has 2 N–H and O–H groups in total. The largest absolute Gasteiger partial charge is 0.497 e. The molecule has 8 aliphatic rings. The molecule has 0 radical (unpaired) electrons. The maximum Gasteiger partial charge on any atom is 0.339 e. The predicted molar refractivity (Wildman–Crippen MR) is 235 cm³/mol. The summed E-state index contributed by atoms with van der Waals surface area (Å²) in [5.41, 5.74) is -1.10. The first-order valence-electron chi connectivity index (χ1n) is 23.2. The normalized spacial score (nSPS) is 29.3. The summed E-state index contributed by atoms with van der Waals surface area (Å²) >= 11 is 0. The summed E-state index contributed by atoms with van der Waals surface area (Å²) in [4.78, 5) is 59.5. The second-order valence-corrected chi connectivity index (χ2v) is 19.2. The number of ether oxygens (including phenoxy) is 9. The van der Waals surface area contributed by atoms with Crippen LogP contribution >= 0.6 is 0 Å². The van der Waals surface area contributed by atoms with Gasteiger partial charge in [-0.1, -0.05) is 18.2 Å². The van der Waals surface area contributed by atoms with Crippen LogP contribution in [-0.2, 0) is 55.7 Å². The summed E-state index contributed by atoms with van der Waals surface area (Å²) in [6, 6.07) is 7.90. The lowest BCUT2D eigenvalue weighted by Crippen LogP contribution is -2.49. The zero-order valence-electron chi connectivity index (χ0n) is 38.3. The minimum absolute atomic E-state index is 0.0933. The van der Waals surface area contributed by atoms with Crippen molar-refractivity contribution in [3.63, 3.8) is 0 Å². The first kappa shape index (κ1) is 45.2. The number of aliphatic hydroxyl groups is 2. The van der Waals surface area contributed by atoms with E-state index < -0.39 is 90.0 Å². The topological polar surface area (TPSA) is 198 Å². The number of rotatable bonds is 13. The van der Waals surface area contributed by atoms with Gasteiger partial charge in [0, 0.05) is 31.8 Å². The number of esters is 4. The van der Waals surface area contributed by atoms with Crippen molar-refractivity contribution in [3.8, 4) is 23.0 Å². The number of methoxy groups -OCH3 is 3. The number of benzene rings is 2. The summed E-state index contributed by atoms with van der Waals surface area (Å²) in [6.07, 6.45) is 7.65. The van der Waals surface area contributed by atoms with Crippen LogP contribution in [-0.4, -0.2) is 139 Å². The molecular formula is C50H58N2O15. The molecule has 17 heteroatoms. The van der Waals surface area contributed by atoms with Gasteiger partial charge in [0.25, 0.3) is 0 Å². The summed E-state index contributed by atoms with van der Waals surface area (Å²) in [6.45, 7) is 5.37. The zero-order chi connectivity index (χ0) is 46.9. The van der Waals surface area contributed by atoms with Crippen LogP contribution in [0, 0.1) is 0 Å². The Morgan fingerprint density at radius 1 is 0.672 bits per heavy atom. The third kappa shape index (κ3) is 7.52. The molecule has 0 aromatic heterocycles. The predicted octanol–water partition coefficient (Wildman–Crippen LogP) is 4.05. The number of nitrogens with zero attached hydrogens (tertiary/aromatic N) is 2. The van der Waals surface area contributed by atoms with Crippen molar-refractivity contribution in [3.05, 3.63) is 82.2 Å². The van der Waals surface area contributed by atoms with Crippen LogP contribution in [0.3, 0.4) is 0 Å². The van der Waals surface area contributed by atoms with Crippen LogP contribution in [0.4, 0.5) is 0 Å². The van der Waals surface area contributed by atoms with Gasteiger partial charge < -0.3 is 52.8 Å². The molecule has 2 spiro atoms. The number of hydrogen-bond acceptors (Lipinski definition) is 17. The summed E-state index contributed by atoms with van der Waals surface area (Å²) < 4.78 is 51.4. The highest BCUT2D eigenvalue weighted by atomic mass is 16.7. The Labute approximate surface area is 388 Å². The Balaban J connectivity index is 0.906. The third-order valence-electron chi connectivity index (χ3n) is 15.6. The minimum Gasteiger partial charge on any atom is -0.497 e. The molecule has 0 amide bonds. The standard InChI is InChI=1S/C50H58N2O15/c1-29-23-47-11-7-15-51(47)17-9-30-19-34-36(64-27-62-34)21-32(30)41(47)43(29)66-45(55)49(57,25-39(53)60-3)13-5-6-14-50(58,26-40(54)61-4)46(56)67-44-38(59-2)24-48-12-8-16-52(48)18-10-31-20-35-37(65-28-63-35)22-33(31)42(44)48/h5-6,19-24,41-44,57-58H,7-18,25-28H2,1-4H3/b6-5+/t41-,42-,43-,44-,47+,48+,49-,50-/m1/s1. The minimum atomic E-state index is -2.47. The van der Waals surface area contributed by atoms with Gasteiger partial charge in [-0.3, -0.25) is 19.4 Å². The van der Waals surface area contributed by atoms with Crippen molar-refractivity contribution in [2.45, 2.75) is 117 Å². The molecule has 2 aromatic rings. The number of fused-ring (bicyclic) bond motifs is 6. The van der Waals surface area contributed by atoms with Gasteiger partial charge in [0.15, 0.2) is 40.3 Å². The Morgan fingerprint density at radius 3 is 1.60 bits per heavy atom. The number of hydrogen-bond donors (Lipinski definition) is 2. The molecule has 6 heterocycles. The Morgan fingerprint density at radius 2 is 1.12 bits per heavy atom. The van der Waals surface area contributed by atoms with Crippen molar-refractivity contribution in [1.29, 1.82) is 0 Å². The highest BCUT2D eigenvalue weighted by Crippen LogP contribution is 2.57. The van der Waals surface area contributed by atoms with Gasteiger partial charge in [-0.15, -0.1) is 0 Å². The van der Waals surface area contributed by atoms with E-state index in [9.17, 15) is 29.4 Å². The zero-order valence-corrected chi connectivity index (χ0v) is 38.3. The Kier molecular flexibility index (Phi) is 11.6. The van der Waals surface area contributed by atoms with Crippen molar-refractivity contribution in [1.82, 2.24) is 9.80 Å². The van der Waals surface area contributed by atoms with Gasteiger partial charge in [-0.25, -0.2) is 9.59 Å². The average Bonchev–Trinajstić information content (AvgIpc) is 4.18. The van der Waals surface area contributed by atoms with Crippen molar-refractivity contribution in [2.24, 2.45) is 0 Å². The monoisotopic (exact) mass is 926 g/mol. The van der Waals surface area contributed by atoms with Gasteiger partial charge in [-0.05, 0) is 117 Å². The molecular weight excluding hydrogens is 869 g/mol. The SMILES string of the molecule is COC(=O)C[C@](O)(C/C=C/C[C@@](O)(CC(=O)OC)C(=O)O[C@@H]1C(OC)=C[C@]23CCCN2CCc2cc4c(cc2[C@H]13)OCO4)C(=O)O[C@@H]1C(C)=C[C@]23CCCN2CCc2cc4c(cc2[C@H]13)OCO4. The first-order valence-corrected chi connectivity index (χ1v) is 23.2. The van der Waals surface area contributed by atoms with Crippen molar-refractivity contribution < 1.29 is 72.0 Å². The molecule has 6 aliphatic heterocycles. The lowest BCUT2D eigenvalue weighted by Gasteiger charge is -2.40. The highest BCUT2D eigenvalue weighted by Gasteiger charge is 2.60. The van der Waals surface area contributed by atoms with E-state index in [-0.39, 0.29) is 19.5 Å². The molecule has 2 aromatic carbocycles. The molecule has 2 aliphatic carbocycles. The average molecular weight is 927 g/mol. The van der Waals surface area contributed by atoms with E-state index in [1.807, 2.05) is 37.3 Å². The second kappa shape index (κ2) is 17.2. The van der Waals surface area contributed by atoms with Gasteiger partial charge in [0.1, 0.15) is 11.9 Å². The third-order valence-corrected chi connectivity index (χ3v) is 15.6. The van der Waals surface area contributed by atoms with E-state index in [0.29, 0.717) is 28.8 Å². The summed E-state index contributed by atoms with van der Waals surface area (Å²) in [7, 11) is 3.81. The number of carbonyl (C=O) groups excluding carboxylic acids is 4. The Hall–Kier alpha value is -5.62. The quantitative estimate of drug-likeness (QED) is 0.166. The molecule has 2 saturated heterocycles. The lowest BCUT2D eigenvalue weighted by molar-refractivity contribution is -0.177. The molecule has 8 atom stereocenters. The second-order valence-electron chi connectivity index (χ2n) is 19.2. The number of carbonyl (C=O) groups is 4. The van der Waals surface area contributed by atoms with Gasteiger partial charge in [-0.2, -0.15) is 0 Å². The lowest BCUT2D eigenvalue weighted by atomic mass is 9.77. The maximum absolute atomic E-state index is 14.5. The van der Waals surface area contributed by atoms with Crippen LogP contribution in [0.25, 0.3) is 0 Å². The fourth-order valence-electron chi connectivity index (χ4n) is 12.4. The molecule has 0 unspecified atom stereocenters. The van der Waals surface area contributed by atoms with Crippen LogP contribution < -0.4 is 18.9 Å². The first-order chi connectivity index (χ1) is 32.2. The van der Waals surface area contributed by atoms with Gasteiger partial charge >= 0.3 is 23.9 Å². The van der Waals surface area contributed by atoms with E-state index in [4.69, 9.17) is 42.6 Å². The molecule has 2 fully saturated rings. The van der Waals surface area contributed by atoms with E-state index in [0.717, 1.165) is 107 Å². The summed E-state index contributed by atoms with van der Waals surface area (Å²) in [5.74, 6) is -1.73. The highest BCUT2D eigenvalue weighted by molar-refractivity contribution is 5.87. The molecule has 358 valence electrons. The Bertz CT molecular complexity index is 2470. The van der Waals surface area contributed by atoms with Crippen LogP contribution in [0.15, 0.2) is 59.9 Å². The van der Waals surface area contributed by atoms with E-state index in [1.165, 1.54) is 19.3 Å². The molecule has 17 nitrogen and oxygen atoms in total. The van der Waals surface area contributed by atoms with E-state index in [1.54, 1.807) is 0 Å². The fourth-order valence-corrected chi connectivity index (χ4v) is 12.4. The van der Waals surface area contributed by atoms with Gasteiger partial charge in [0.2, 0.25) is 13.6 Å². The van der Waals surface area contributed by atoms with Gasteiger partial charge in [0.05, 0.1) is 51.2 Å². The maximum atomic E-state index is 14.5. The smallest absolute Gasteiger partial charge is 0.339 e. The molecule has 10 rings (SSSR count). The molecule has 0 saturated carbocycles. The van der Waals surface area contributed by atoms with Crippen molar-refractivity contribution >= 4 is 23.9 Å². The van der Waals surface area contributed by atoms with Crippen LogP contribution in [0.5, 0.6) is 23.0 Å². The van der Waals surface area contributed by atoms with Crippen LogP contribution in [0.2, 0.25) is 0 Å². The summed E-state index contributed by atoms with van der Waals surface area (Å²) in [5, 5.41) is 24.3. The van der Waals surface area contributed by atoms with Crippen LogP contribution in [0.1, 0.15) is 92.4 Å². The molecule has 0 bridgehead atoms. The van der Waals surface area contributed by atoms with E-state index >= 15 is 0 Å². The molecule has 67 heavy (non-hydrogen) atoms. The fraction of sp³-hybridized carbons (Fsp3) is 0.560. The van der Waals surface area contributed by atoms with Crippen molar-refractivity contribution in [2.75, 3.05) is 61.1 Å². The van der Waals surface area contributed by atoms with E-state index in [2.05, 4.69) is 15.9 Å².